The molecule has 1 aliphatic rings. The van der Waals surface area contributed by atoms with Gasteiger partial charge in [-0.05, 0) is 51.0 Å². The quantitative estimate of drug-likeness (QED) is 0.486. The molecule has 6 nitrogen and oxygen atoms in total. The molecule has 1 unspecified atom stereocenters. The van der Waals surface area contributed by atoms with Gasteiger partial charge in [0.2, 0.25) is 0 Å². The van der Waals surface area contributed by atoms with Crippen LogP contribution in [-0.2, 0) is 0 Å². The van der Waals surface area contributed by atoms with Crippen molar-refractivity contribution in [1.82, 2.24) is 24.8 Å². The fourth-order valence-electron chi connectivity index (χ4n) is 3.29. The molecule has 5 rings (SSSR count). The molecule has 0 amide bonds. The number of aromatic nitrogens is 5. The Bertz CT molecular complexity index is 1150. The lowest BCUT2D eigenvalue weighted by atomic mass is 10.2. The van der Waals surface area contributed by atoms with Gasteiger partial charge < -0.3 is 5.32 Å². The molecule has 0 radical (unpaired) electrons. The van der Waals surface area contributed by atoms with Crippen molar-refractivity contribution in [3.05, 3.63) is 57.8 Å². The maximum Gasteiger partial charge on any atom is 0.178 e. The summed E-state index contributed by atoms with van der Waals surface area (Å²) in [7, 11) is 0. The molecule has 0 spiro atoms. The van der Waals surface area contributed by atoms with E-state index in [1.165, 1.54) is 17.7 Å². The van der Waals surface area contributed by atoms with Crippen LogP contribution in [0.1, 0.15) is 48.1 Å². The van der Waals surface area contributed by atoms with Gasteiger partial charge in [0.25, 0.3) is 0 Å². The molecule has 0 saturated heterocycles. The van der Waals surface area contributed by atoms with Crippen LogP contribution in [0.2, 0.25) is 5.02 Å². The molecule has 142 valence electrons. The van der Waals surface area contributed by atoms with Crippen molar-refractivity contribution in [3.8, 4) is 10.6 Å². The maximum atomic E-state index is 6.00. The van der Waals surface area contributed by atoms with E-state index >= 15 is 0 Å². The number of hydrogen-bond acceptors (Lipinski definition) is 6. The van der Waals surface area contributed by atoms with Gasteiger partial charge in [0.15, 0.2) is 11.5 Å². The molecule has 0 aliphatic heterocycles. The number of nitrogens with zero attached hydrogens (tertiary/aromatic N) is 5. The van der Waals surface area contributed by atoms with E-state index in [1.807, 2.05) is 47.8 Å². The Morgan fingerprint density at radius 1 is 1.14 bits per heavy atom. The van der Waals surface area contributed by atoms with Crippen molar-refractivity contribution in [1.29, 1.82) is 0 Å². The summed E-state index contributed by atoms with van der Waals surface area (Å²) in [5, 5.41) is 18.5. The molecular weight excluding hydrogens is 392 g/mol. The Hall–Kier alpha value is -2.51. The predicted octanol–water partition coefficient (Wildman–Crippen LogP) is 5.26. The molecule has 0 bridgehead atoms. The van der Waals surface area contributed by atoms with Crippen molar-refractivity contribution < 1.29 is 0 Å². The molecule has 1 atom stereocenters. The number of halogens is 1. The van der Waals surface area contributed by atoms with Crippen LogP contribution in [0, 0.1) is 6.92 Å². The minimum Gasteiger partial charge on any atom is -0.361 e. The smallest absolute Gasteiger partial charge is 0.178 e. The molecule has 1 aromatic carbocycles. The van der Waals surface area contributed by atoms with Crippen LogP contribution >= 0.6 is 22.9 Å². The van der Waals surface area contributed by atoms with Gasteiger partial charge in [0.1, 0.15) is 10.8 Å². The summed E-state index contributed by atoms with van der Waals surface area (Å²) < 4.78 is 1.87. The minimum atomic E-state index is 0.0874. The van der Waals surface area contributed by atoms with Crippen molar-refractivity contribution in [2.24, 2.45) is 0 Å². The first kappa shape index (κ1) is 17.6. The first-order valence-electron chi connectivity index (χ1n) is 9.30. The standard InChI is InChI=1S/C20H19ClN6S/c1-11(18-12(2)23-20(28-18)14-5-7-15(21)8-6-14)22-16-9-10-17-24-25-19(13-3-4-13)27(17)26-16/h5-11,13H,3-4H2,1-2H3,(H,22,26). The second kappa shape index (κ2) is 6.83. The molecular formula is C20H19ClN6S. The second-order valence-electron chi connectivity index (χ2n) is 7.16. The number of fused-ring (bicyclic) bond motifs is 1. The number of hydrogen-bond donors (Lipinski definition) is 1. The lowest BCUT2D eigenvalue weighted by Crippen LogP contribution is -2.10. The summed E-state index contributed by atoms with van der Waals surface area (Å²) in [6.07, 6.45) is 2.34. The SMILES string of the molecule is Cc1nc(-c2ccc(Cl)cc2)sc1C(C)Nc1ccc2nnc(C3CC3)n2n1. The van der Waals surface area contributed by atoms with E-state index in [0.717, 1.165) is 38.6 Å². The highest BCUT2D eigenvalue weighted by atomic mass is 35.5. The van der Waals surface area contributed by atoms with E-state index in [4.69, 9.17) is 21.7 Å². The van der Waals surface area contributed by atoms with Gasteiger partial charge in [-0.1, -0.05) is 23.7 Å². The summed E-state index contributed by atoms with van der Waals surface area (Å²) in [6, 6.07) is 11.8. The van der Waals surface area contributed by atoms with Gasteiger partial charge in [0, 0.05) is 21.4 Å². The highest BCUT2D eigenvalue weighted by Crippen LogP contribution is 2.39. The third-order valence-corrected chi connectivity index (χ3v) is 6.55. The predicted molar refractivity (Wildman–Crippen MR) is 112 cm³/mol. The third kappa shape index (κ3) is 3.25. The Labute approximate surface area is 171 Å². The molecule has 3 heterocycles. The monoisotopic (exact) mass is 410 g/mol. The number of benzene rings is 1. The number of aryl methyl sites for hydroxylation is 1. The van der Waals surface area contributed by atoms with Gasteiger partial charge in [0.05, 0.1) is 11.7 Å². The van der Waals surface area contributed by atoms with E-state index in [1.54, 1.807) is 11.3 Å². The van der Waals surface area contributed by atoms with E-state index in [9.17, 15) is 0 Å². The summed E-state index contributed by atoms with van der Waals surface area (Å²) in [4.78, 5) is 5.94. The molecule has 1 fully saturated rings. The molecule has 3 aromatic heterocycles. The number of rotatable bonds is 5. The van der Waals surface area contributed by atoms with Crippen LogP contribution in [0.15, 0.2) is 36.4 Å². The largest absolute Gasteiger partial charge is 0.361 e. The normalized spacial score (nSPS) is 15.1. The van der Waals surface area contributed by atoms with E-state index in [2.05, 4.69) is 22.4 Å². The Balaban J connectivity index is 1.41. The minimum absolute atomic E-state index is 0.0874. The van der Waals surface area contributed by atoms with Crippen molar-refractivity contribution in [3.63, 3.8) is 0 Å². The summed E-state index contributed by atoms with van der Waals surface area (Å²) in [5.74, 6) is 2.27. The van der Waals surface area contributed by atoms with Gasteiger partial charge in [-0.3, -0.25) is 0 Å². The molecule has 28 heavy (non-hydrogen) atoms. The Kier molecular flexibility index (Phi) is 4.29. The highest BCUT2D eigenvalue weighted by molar-refractivity contribution is 7.15. The first-order valence-corrected chi connectivity index (χ1v) is 10.5. The van der Waals surface area contributed by atoms with Crippen LogP contribution < -0.4 is 5.32 Å². The zero-order valence-electron chi connectivity index (χ0n) is 15.6. The van der Waals surface area contributed by atoms with Gasteiger partial charge in [-0.2, -0.15) is 4.52 Å². The topological polar surface area (TPSA) is 68.0 Å². The van der Waals surface area contributed by atoms with Gasteiger partial charge >= 0.3 is 0 Å². The van der Waals surface area contributed by atoms with Crippen LogP contribution in [0.3, 0.4) is 0 Å². The summed E-state index contributed by atoms with van der Waals surface area (Å²) >= 11 is 7.69. The van der Waals surface area contributed by atoms with Crippen molar-refractivity contribution in [2.45, 2.75) is 38.6 Å². The summed E-state index contributed by atoms with van der Waals surface area (Å²) in [6.45, 7) is 4.18. The average molecular weight is 411 g/mol. The molecule has 1 saturated carbocycles. The highest BCUT2D eigenvalue weighted by Gasteiger charge is 2.29. The molecule has 8 heteroatoms. The molecule has 4 aromatic rings. The number of thiazole rings is 1. The Morgan fingerprint density at radius 2 is 1.93 bits per heavy atom. The number of anilines is 1. The third-order valence-electron chi connectivity index (χ3n) is 4.91. The van der Waals surface area contributed by atoms with Crippen molar-refractivity contribution in [2.75, 3.05) is 5.32 Å². The van der Waals surface area contributed by atoms with E-state index in [0.29, 0.717) is 5.92 Å². The fraction of sp³-hybridized carbons (Fsp3) is 0.300. The van der Waals surface area contributed by atoms with Crippen LogP contribution in [-0.4, -0.2) is 24.8 Å². The van der Waals surface area contributed by atoms with E-state index in [-0.39, 0.29) is 6.04 Å². The van der Waals surface area contributed by atoms with Crippen LogP contribution in [0.5, 0.6) is 0 Å². The van der Waals surface area contributed by atoms with Crippen molar-refractivity contribution >= 4 is 34.4 Å². The lowest BCUT2D eigenvalue weighted by molar-refractivity contribution is 0.799. The van der Waals surface area contributed by atoms with Gasteiger partial charge in [-0.15, -0.1) is 26.6 Å². The average Bonchev–Trinajstić information content (AvgIpc) is 3.32. The maximum absolute atomic E-state index is 6.00. The van der Waals surface area contributed by atoms with Crippen LogP contribution in [0.4, 0.5) is 5.82 Å². The fourth-order valence-corrected chi connectivity index (χ4v) is 4.49. The summed E-state index contributed by atoms with van der Waals surface area (Å²) in [5.41, 5.74) is 2.90. The number of nitrogens with one attached hydrogen (secondary N) is 1. The van der Waals surface area contributed by atoms with Gasteiger partial charge in [-0.25, -0.2) is 4.98 Å². The zero-order valence-corrected chi connectivity index (χ0v) is 17.1. The lowest BCUT2D eigenvalue weighted by Gasteiger charge is -2.13. The van der Waals surface area contributed by atoms with E-state index < -0.39 is 0 Å². The van der Waals surface area contributed by atoms with Crippen LogP contribution in [0.25, 0.3) is 16.2 Å². The molecule has 1 N–H and O–H groups in total. The second-order valence-corrected chi connectivity index (χ2v) is 8.63. The Morgan fingerprint density at radius 3 is 2.68 bits per heavy atom. The molecule has 1 aliphatic carbocycles. The first-order chi connectivity index (χ1) is 13.6. The zero-order chi connectivity index (χ0) is 19.3.